The van der Waals surface area contributed by atoms with Crippen LogP contribution in [0.3, 0.4) is 0 Å². The predicted octanol–water partition coefficient (Wildman–Crippen LogP) is 5.08. The van der Waals surface area contributed by atoms with Crippen LogP contribution in [-0.4, -0.2) is 54.4 Å². The van der Waals surface area contributed by atoms with Crippen LogP contribution in [0.2, 0.25) is 0 Å². The van der Waals surface area contributed by atoms with Crippen molar-refractivity contribution in [1.82, 2.24) is 0 Å². The van der Waals surface area contributed by atoms with E-state index in [9.17, 15) is 14.4 Å². The minimum absolute atomic E-state index is 0.264. The van der Waals surface area contributed by atoms with Gasteiger partial charge in [0.1, 0.15) is 7.11 Å². The molecule has 0 saturated carbocycles. The Bertz CT molecular complexity index is 1190. The summed E-state index contributed by atoms with van der Waals surface area (Å²) in [5.74, 6) is -2.04. The van der Waals surface area contributed by atoms with Crippen LogP contribution in [0.5, 0.6) is 0 Å². The van der Waals surface area contributed by atoms with Gasteiger partial charge in [-0.05, 0) is 43.3 Å². The Hall–Kier alpha value is -3.98. The Morgan fingerprint density at radius 2 is 1.05 bits per heavy atom. The van der Waals surface area contributed by atoms with Crippen molar-refractivity contribution >= 4 is 40.1 Å². The van der Waals surface area contributed by atoms with Gasteiger partial charge in [0.15, 0.2) is 18.3 Å². The van der Waals surface area contributed by atoms with Crippen LogP contribution in [0.1, 0.15) is 38.0 Å². The van der Waals surface area contributed by atoms with E-state index in [1.54, 1.807) is 97.9 Å². The Morgan fingerprint density at radius 3 is 1.43 bits per heavy atom. The molecule has 0 saturated heterocycles. The third-order valence-electron chi connectivity index (χ3n) is 5.17. The summed E-state index contributed by atoms with van der Waals surface area (Å²) in [4.78, 5) is 43.2. The highest BCUT2D eigenvalue weighted by Gasteiger charge is 2.40. The molecule has 0 N–H and O–H groups in total. The number of nitrogens with zero attached hydrogens (tertiary/aromatic N) is 1. The number of ether oxygens (including phenoxy) is 3. The summed E-state index contributed by atoms with van der Waals surface area (Å²) in [5.41, 5.74) is 0.841. The van der Waals surface area contributed by atoms with Gasteiger partial charge in [0.05, 0.1) is 27.7 Å². The highest BCUT2D eigenvalue weighted by atomic mass is 79.9. The molecule has 0 aliphatic carbocycles. The molecule has 3 aromatic rings. The van der Waals surface area contributed by atoms with Crippen LogP contribution >= 0.6 is 15.9 Å². The van der Waals surface area contributed by atoms with Crippen molar-refractivity contribution in [3.63, 3.8) is 0 Å². The summed E-state index contributed by atoms with van der Waals surface area (Å²) in [6.07, 6.45) is -2.46. The number of hydrogen-bond donors (Lipinski definition) is 0. The first-order valence-corrected chi connectivity index (χ1v) is 12.3. The van der Waals surface area contributed by atoms with E-state index in [-0.39, 0.29) is 11.1 Å². The van der Waals surface area contributed by atoms with Gasteiger partial charge >= 0.3 is 17.9 Å². The number of halogens is 1. The fraction of sp³-hybridized carbons (Fsp3) is 0.214. The molecule has 192 valence electrons. The minimum atomic E-state index is -1.29. The number of oxime groups is 1. The molecule has 3 aromatic carbocycles. The zero-order valence-electron chi connectivity index (χ0n) is 20.2. The van der Waals surface area contributed by atoms with Gasteiger partial charge in [-0.1, -0.05) is 75.7 Å². The van der Waals surface area contributed by atoms with Crippen LogP contribution in [0.15, 0.2) is 96.2 Å². The molecule has 0 aromatic heterocycles. The molecule has 0 heterocycles. The lowest BCUT2D eigenvalue weighted by molar-refractivity contribution is -0.0691. The van der Waals surface area contributed by atoms with E-state index < -0.39 is 41.0 Å². The van der Waals surface area contributed by atoms with E-state index in [0.29, 0.717) is 5.56 Å². The Morgan fingerprint density at radius 1 is 0.676 bits per heavy atom. The minimum Gasteiger partial charge on any atom is -0.453 e. The first-order valence-electron chi connectivity index (χ1n) is 11.4. The summed E-state index contributed by atoms with van der Waals surface area (Å²) >= 11 is 3.45. The molecular formula is C28H26BrNO7. The molecular weight excluding hydrogens is 542 g/mol. The third kappa shape index (κ3) is 8.01. The molecule has 0 bridgehead atoms. The Balaban J connectivity index is 1.98. The summed E-state index contributed by atoms with van der Waals surface area (Å²) < 4.78 is 17.3. The standard InChI is InChI=1S/C28H26BrNO7/c1-19(29)24(36-27(32)21-14-8-4-9-15-21)25(37-28(33)22-16-10-5-11-17-22)23(18-30-34-2)35-26(31)20-12-6-3-7-13-20/h3-19,23-25H,1-2H3/b30-18+/t19-,23-,24-,25+/m1/s1. The van der Waals surface area contributed by atoms with Crippen molar-refractivity contribution in [2.24, 2.45) is 5.16 Å². The summed E-state index contributed by atoms with van der Waals surface area (Å²) in [7, 11) is 1.32. The van der Waals surface area contributed by atoms with Gasteiger partial charge in [-0.2, -0.15) is 0 Å². The average molecular weight is 568 g/mol. The molecule has 0 fully saturated rings. The van der Waals surface area contributed by atoms with E-state index in [0.717, 1.165) is 0 Å². The molecule has 4 atom stereocenters. The zero-order chi connectivity index (χ0) is 26.6. The first kappa shape index (κ1) is 27.6. The van der Waals surface area contributed by atoms with Crippen molar-refractivity contribution in [1.29, 1.82) is 0 Å². The highest BCUT2D eigenvalue weighted by molar-refractivity contribution is 9.09. The quantitative estimate of drug-likeness (QED) is 0.105. The molecule has 0 unspecified atom stereocenters. The molecule has 0 radical (unpaired) electrons. The monoisotopic (exact) mass is 567 g/mol. The SMILES string of the molecule is CO/N=C/[C@@H](OC(=O)c1ccccc1)[C@H](OC(=O)c1ccccc1)[C@H](OC(=O)c1ccccc1)[C@@H](C)Br. The molecule has 0 aliphatic rings. The second-order valence-electron chi connectivity index (χ2n) is 7.82. The Labute approximate surface area is 223 Å². The van der Waals surface area contributed by atoms with Crippen LogP contribution in [0.25, 0.3) is 0 Å². The van der Waals surface area contributed by atoms with Gasteiger partial charge in [-0.25, -0.2) is 14.4 Å². The van der Waals surface area contributed by atoms with Crippen molar-refractivity contribution in [2.75, 3.05) is 7.11 Å². The molecule has 0 amide bonds. The third-order valence-corrected chi connectivity index (χ3v) is 5.69. The number of alkyl halides is 1. The number of benzene rings is 3. The lowest BCUT2D eigenvalue weighted by Crippen LogP contribution is -2.49. The smallest absolute Gasteiger partial charge is 0.338 e. The predicted molar refractivity (Wildman–Crippen MR) is 141 cm³/mol. The van der Waals surface area contributed by atoms with Crippen LogP contribution in [0, 0.1) is 0 Å². The number of hydrogen-bond acceptors (Lipinski definition) is 8. The van der Waals surface area contributed by atoms with Crippen molar-refractivity contribution in [3.05, 3.63) is 108 Å². The average Bonchev–Trinajstić information content (AvgIpc) is 2.94. The van der Waals surface area contributed by atoms with E-state index in [4.69, 9.17) is 19.0 Å². The lowest BCUT2D eigenvalue weighted by atomic mass is 10.0. The maximum absolute atomic E-state index is 13.1. The van der Waals surface area contributed by atoms with Gasteiger partial charge in [0, 0.05) is 0 Å². The van der Waals surface area contributed by atoms with Gasteiger partial charge in [0.25, 0.3) is 0 Å². The molecule has 37 heavy (non-hydrogen) atoms. The van der Waals surface area contributed by atoms with E-state index in [1.165, 1.54) is 13.3 Å². The second kappa shape index (κ2) is 13.9. The van der Waals surface area contributed by atoms with Crippen molar-refractivity contribution < 1.29 is 33.4 Å². The molecule has 9 heteroatoms. The summed E-state index contributed by atoms with van der Waals surface area (Å²) in [6.45, 7) is 1.72. The van der Waals surface area contributed by atoms with Crippen LogP contribution < -0.4 is 0 Å². The van der Waals surface area contributed by atoms with E-state index in [1.807, 2.05) is 0 Å². The largest absolute Gasteiger partial charge is 0.453 e. The van der Waals surface area contributed by atoms with Gasteiger partial charge in [-0.15, -0.1) is 0 Å². The number of esters is 3. The summed E-state index contributed by atoms with van der Waals surface area (Å²) in [6, 6.07) is 25.0. The fourth-order valence-electron chi connectivity index (χ4n) is 3.34. The summed E-state index contributed by atoms with van der Waals surface area (Å²) in [5, 5.41) is 3.75. The molecule has 0 aliphatic heterocycles. The molecule has 8 nitrogen and oxygen atoms in total. The van der Waals surface area contributed by atoms with Crippen LogP contribution in [0.4, 0.5) is 0 Å². The normalized spacial score (nSPS) is 14.1. The van der Waals surface area contributed by atoms with Crippen LogP contribution in [-0.2, 0) is 19.0 Å². The van der Waals surface area contributed by atoms with E-state index in [2.05, 4.69) is 21.1 Å². The number of rotatable bonds is 11. The first-order chi connectivity index (χ1) is 17.9. The molecule has 0 spiro atoms. The highest BCUT2D eigenvalue weighted by Crippen LogP contribution is 2.23. The van der Waals surface area contributed by atoms with Crippen molar-refractivity contribution in [3.8, 4) is 0 Å². The maximum Gasteiger partial charge on any atom is 0.338 e. The van der Waals surface area contributed by atoms with Gasteiger partial charge < -0.3 is 19.0 Å². The number of carbonyl (C=O) groups excluding carboxylic acids is 3. The maximum atomic E-state index is 13.1. The fourth-order valence-corrected chi connectivity index (χ4v) is 3.75. The Kier molecular flexibility index (Phi) is 10.4. The zero-order valence-corrected chi connectivity index (χ0v) is 21.8. The number of carbonyl (C=O) groups is 3. The second-order valence-corrected chi connectivity index (χ2v) is 9.27. The van der Waals surface area contributed by atoms with E-state index >= 15 is 0 Å². The lowest BCUT2D eigenvalue weighted by Gasteiger charge is -2.32. The molecule has 3 rings (SSSR count). The topological polar surface area (TPSA) is 100 Å². The van der Waals surface area contributed by atoms with Gasteiger partial charge in [0.2, 0.25) is 0 Å². The van der Waals surface area contributed by atoms with Crippen molar-refractivity contribution in [2.45, 2.75) is 30.1 Å². The van der Waals surface area contributed by atoms with Gasteiger partial charge in [-0.3, -0.25) is 0 Å².